The maximum Gasteiger partial charge on any atom is 0.235 e. The predicted molar refractivity (Wildman–Crippen MR) is 63.1 cm³/mol. The molecule has 1 aromatic carbocycles. The molecule has 0 N–H and O–H groups in total. The first-order chi connectivity index (χ1) is 7.42. The van der Waals surface area contributed by atoms with Crippen LogP contribution in [0.25, 0.3) is 0 Å². The van der Waals surface area contributed by atoms with Crippen LogP contribution in [0.3, 0.4) is 0 Å². The molecule has 0 aromatic heterocycles. The Morgan fingerprint density at radius 2 is 2.00 bits per heavy atom. The number of ether oxygens (including phenoxy) is 2. The van der Waals surface area contributed by atoms with Gasteiger partial charge in [-0.2, -0.15) is 0 Å². The lowest BCUT2D eigenvalue weighted by Crippen LogP contribution is -2.09. The van der Waals surface area contributed by atoms with Crippen molar-refractivity contribution in [3.8, 4) is 11.5 Å². The van der Waals surface area contributed by atoms with Gasteiger partial charge in [0.05, 0.1) is 12.9 Å². The van der Waals surface area contributed by atoms with E-state index in [4.69, 9.17) is 31.8 Å². The third-order valence-electron chi connectivity index (χ3n) is 1.71. The van der Waals surface area contributed by atoms with Crippen LogP contribution < -0.4 is 9.47 Å². The molecule has 0 heterocycles. The Bertz CT molecular complexity index is 459. The smallest absolute Gasteiger partial charge is 0.235 e. The lowest BCUT2D eigenvalue weighted by atomic mass is 10.3. The van der Waals surface area contributed by atoms with Crippen LogP contribution in [0.2, 0.25) is 5.02 Å². The van der Waals surface area contributed by atoms with Crippen LogP contribution in [-0.4, -0.2) is 27.9 Å². The number of hydrogen-bond acceptors (Lipinski definition) is 4. The highest BCUT2D eigenvalue weighted by Gasteiger charge is 2.08. The number of halogens is 2. The van der Waals surface area contributed by atoms with E-state index in [1.165, 1.54) is 7.11 Å². The number of benzene rings is 1. The van der Waals surface area contributed by atoms with Gasteiger partial charge in [0, 0.05) is 21.8 Å². The fourth-order valence-electron chi connectivity index (χ4n) is 1.01. The van der Waals surface area contributed by atoms with Crippen LogP contribution >= 0.6 is 22.3 Å². The van der Waals surface area contributed by atoms with E-state index in [9.17, 15) is 8.42 Å². The van der Waals surface area contributed by atoms with E-state index in [-0.39, 0.29) is 12.4 Å². The van der Waals surface area contributed by atoms with Crippen molar-refractivity contribution in [2.75, 3.05) is 19.5 Å². The molecule has 0 aliphatic carbocycles. The fourth-order valence-corrected chi connectivity index (χ4v) is 1.65. The van der Waals surface area contributed by atoms with Crippen LogP contribution in [0.15, 0.2) is 18.2 Å². The summed E-state index contributed by atoms with van der Waals surface area (Å²) in [6.45, 7) is -0.0379. The fraction of sp³-hybridized carbons (Fsp3) is 0.333. The third-order valence-corrected chi connectivity index (χ3v) is 3.06. The minimum Gasteiger partial charge on any atom is -0.493 e. The van der Waals surface area contributed by atoms with Crippen LogP contribution in [0.5, 0.6) is 11.5 Å². The lowest BCUT2D eigenvalue weighted by Gasteiger charge is -2.09. The summed E-state index contributed by atoms with van der Waals surface area (Å²) in [4.78, 5) is 0. The number of methoxy groups -OCH3 is 1. The van der Waals surface area contributed by atoms with Crippen molar-refractivity contribution in [3.05, 3.63) is 23.2 Å². The zero-order valence-electron chi connectivity index (χ0n) is 8.44. The molecule has 0 atom stereocenters. The molecule has 16 heavy (non-hydrogen) atoms. The Labute approximate surface area is 103 Å². The maximum absolute atomic E-state index is 10.7. The van der Waals surface area contributed by atoms with Gasteiger partial charge in [0.25, 0.3) is 0 Å². The van der Waals surface area contributed by atoms with E-state index in [0.29, 0.717) is 16.5 Å². The second-order valence-corrected chi connectivity index (χ2v) is 6.22. The van der Waals surface area contributed by atoms with E-state index < -0.39 is 9.05 Å². The molecule has 0 saturated heterocycles. The summed E-state index contributed by atoms with van der Waals surface area (Å²) >= 11 is 5.75. The highest BCUT2D eigenvalue weighted by atomic mass is 35.7. The Balaban J connectivity index is 2.67. The van der Waals surface area contributed by atoms with Crippen LogP contribution in [0.4, 0.5) is 0 Å². The van der Waals surface area contributed by atoms with Gasteiger partial charge < -0.3 is 9.47 Å². The maximum atomic E-state index is 10.7. The van der Waals surface area contributed by atoms with E-state index in [1.807, 2.05) is 0 Å². The van der Waals surface area contributed by atoms with Crippen molar-refractivity contribution < 1.29 is 17.9 Å². The molecule has 0 fully saturated rings. The highest BCUT2D eigenvalue weighted by Crippen LogP contribution is 2.29. The molecule has 1 rings (SSSR count). The lowest BCUT2D eigenvalue weighted by molar-refractivity contribution is 0.312. The van der Waals surface area contributed by atoms with Gasteiger partial charge in [-0.1, -0.05) is 11.6 Å². The quantitative estimate of drug-likeness (QED) is 0.779. The van der Waals surface area contributed by atoms with E-state index >= 15 is 0 Å². The summed E-state index contributed by atoms with van der Waals surface area (Å²) < 4.78 is 31.6. The molecule has 1 aromatic rings. The van der Waals surface area contributed by atoms with Gasteiger partial charge >= 0.3 is 0 Å². The standard InChI is InChI=1S/C9H10Cl2O4S/c1-14-9-6-7(10)2-3-8(9)15-4-5-16(11,12)13/h2-3,6H,4-5H2,1H3. The number of hydrogen-bond donors (Lipinski definition) is 0. The molecule has 0 amide bonds. The zero-order valence-corrected chi connectivity index (χ0v) is 10.8. The third kappa shape index (κ3) is 4.47. The molecule has 0 spiro atoms. The molecule has 0 radical (unpaired) electrons. The van der Waals surface area contributed by atoms with Crippen molar-refractivity contribution in [1.82, 2.24) is 0 Å². The normalized spacial score (nSPS) is 11.2. The van der Waals surface area contributed by atoms with E-state index in [1.54, 1.807) is 18.2 Å². The molecule has 0 bridgehead atoms. The van der Waals surface area contributed by atoms with Crippen LogP contribution in [0.1, 0.15) is 0 Å². The monoisotopic (exact) mass is 284 g/mol. The first-order valence-electron chi connectivity index (χ1n) is 4.31. The Morgan fingerprint density at radius 3 is 2.56 bits per heavy atom. The minimum absolute atomic E-state index is 0.0379. The van der Waals surface area contributed by atoms with Gasteiger partial charge in [-0.05, 0) is 12.1 Å². The molecule has 4 nitrogen and oxygen atoms in total. The van der Waals surface area contributed by atoms with Gasteiger partial charge in [-0.15, -0.1) is 0 Å². The average molecular weight is 285 g/mol. The molecule has 0 aliphatic rings. The summed E-state index contributed by atoms with van der Waals surface area (Å²) in [5.74, 6) is 0.604. The van der Waals surface area contributed by atoms with Gasteiger partial charge in [-0.25, -0.2) is 8.42 Å². The summed E-state index contributed by atoms with van der Waals surface area (Å²) in [5, 5.41) is 0.508. The summed E-state index contributed by atoms with van der Waals surface area (Å²) in [7, 11) is 2.97. The minimum atomic E-state index is -3.54. The van der Waals surface area contributed by atoms with Crippen molar-refractivity contribution in [3.63, 3.8) is 0 Å². The Hall–Kier alpha value is -0.650. The van der Waals surface area contributed by atoms with Gasteiger partial charge in [0.15, 0.2) is 11.5 Å². The van der Waals surface area contributed by atoms with Crippen molar-refractivity contribution in [1.29, 1.82) is 0 Å². The SMILES string of the molecule is COc1cc(Cl)ccc1OCCS(=O)(=O)Cl. The summed E-state index contributed by atoms with van der Waals surface area (Å²) in [6, 6.07) is 4.79. The van der Waals surface area contributed by atoms with Crippen LogP contribution in [0, 0.1) is 0 Å². The van der Waals surface area contributed by atoms with E-state index in [2.05, 4.69) is 0 Å². The van der Waals surface area contributed by atoms with Crippen molar-refractivity contribution >= 4 is 31.3 Å². The first kappa shape index (κ1) is 13.4. The second kappa shape index (κ2) is 5.61. The molecular weight excluding hydrogens is 275 g/mol. The zero-order chi connectivity index (χ0) is 12.2. The Morgan fingerprint density at radius 1 is 1.31 bits per heavy atom. The molecular formula is C9H10Cl2O4S. The largest absolute Gasteiger partial charge is 0.493 e. The van der Waals surface area contributed by atoms with Gasteiger partial charge in [-0.3, -0.25) is 0 Å². The number of rotatable bonds is 5. The second-order valence-electron chi connectivity index (χ2n) is 2.89. The van der Waals surface area contributed by atoms with Crippen molar-refractivity contribution in [2.45, 2.75) is 0 Å². The summed E-state index contributed by atoms with van der Waals surface area (Å²) in [6.07, 6.45) is 0. The average Bonchev–Trinajstić information content (AvgIpc) is 2.18. The highest BCUT2D eigenvalue weighted by molar-refractivity contribution is 8.13. The molecule has 7 heteroatoms. The predicted octanol–water partition coefficient (Wildman–Crippen LogP) is 2.30. The van der Waals surface area contributed by atoms with Crippen LogP contribution in [-0.2, 0) is 9.05 Å². The van der Waals surface area contributed by atoms with Crippen molar-refractivity contribution in [2.24, 2.45) is 0 Å². The van der Waals surface area contributed by atoms with Gasteiger partial charge in [0.1, 0.15) is 6.61 Å². The molecule has 0 saturated carbocycles. The first-order valence-corrected chi connectivity index (χ1v) is 7.16. The molecule has 0 aliphatic heterocycles. The van der Waals surface area contributed by atoms with E-state index in [0.717, 1.165) is 0 Å². The van der Waals surface area contributed by atoms with Gasteiger partial charge in [0.2, 0.25) is 9.05 Å². The topological polar surface area (TPSA) is 52.6 Å². The molecule has 0 unspecified atom stereocenters. The Kier molecular flexibility index (Phi) is 4.70. The summed E-state index contributed by atoms with van der Waals surface area (Å²) in [5.41, 5.74) is 0. The molecule has 90 valence electrons.